The van der Waals surface area contributed by atoms with Crippen molar-refractivity contribution >= 4 is 0 Å². The lowest BCUT2D eigenvalue weighted by Gasteiger charge is -2.45. The van der Waals surface area contributed by atoms with Crippen LogP contribution in [0.2, 0.25) is 0 Å². The number of rotatable bonds is 6. The number of hydrogen-bond donors (Lipinski definition) is 6. The lowest BCUT2D eigenvalue weighted by atomic mass is 9.95. The van der Waals surface area contributed by atoms with Crippen molar-refractivity contribution in [2.24, 2.45) is 10.3 Å². The Morgan fingerprint density at radius 1 is 0.962 bits per heavy atom. The molecule has 148 valence electrons. The van der Waals surface area contributed by atoms with Crippen LogP contribution in [0.5, 0.6) is 0 Å². The molecule has 26 heavy (non-hydrogen) atoms. The Kier molecular flexibility index (Phi) is 7.19. The van der Waals surface area contributed by atoms with Gasteiger partial charge < -0.3 is 44.8 Å². The maximum absolute atomic E-state index is 11.2. The van der Waals surface area contributed by atoms with E-state index in [0.29, 0.717) is 0 Å². The van der Waals surface area contributed by atoms with Crippen molar-refractivity contribution in [1.29, 1.82) is 0 Å². The third-order valence-corrected chi connectivity index (χ3v) is 4.27. The summed E-state index contributed by atoms with van der Waals surface area (Å²) in [7, 11) is 0. The molecule has 10 atom stereocenters. The largest absolute Gasteiger partial charge is 0.394 e. The number of aliphatic hydroxyl groups excluding tert-OH is 6. The topological polar surface area (TPSA) is 227 Å². The zero-order valence-corrected chi connectivity index (χ0v) is 13.3. The molecule has 2 heterocycles. The lowest BCUT2D eigenvalue weighted by molar-refractivity contribution is -0.331. The van der Waals surface area contributed by atoms with E-state index in [4.69, 9.17) is 24.8 Å². The van der Waals surface area contributed by atoms with Crippen molar-refractivity contribution in [2.75, 3.05) is 13.2 Å². The first-order valence-electron chi connectivity index (χ1n) is 7.66. The molecule has 2 rings (SSSR count). The van der Waals surface area contributed by atoms with E-state index in [2.05, 4.69) is 15.2 Å². The van der Waals surface area contributed by atoms with E-state index in [0.717, 1.165) is 0 Å². The van der Waals surface area contributed by atoms with Gasteiger partial charge in [0.25, 0.3) is 0 Å². The highest BCUT2D eigenvalue weighted by atomic mass is 16.7. The van der Waals surface area contributed by atoms with E-state index in [9.17, 15) is 30.4 Å². The Morgan fingerprint density at radius 3 is 2.15 bits per heavy atom. The lowest BCUT2D eigenvalue weighted by Crippen LogP contribution is -2.63. The van der Waals surface area contributed by atoms with Gasteiger partial charge in [-0.15, -0.1) is 0 Å². The third kappa shape index (κ3) is 3.94. The second-order valence-electron chi connectivity index (χ2n) is 5.84. The first-order valence-corrected chi connectivity index (χ1v) is 7.66. The highest BCUT2D eigenvalue weighted by Gasteiger charge is 2.51. The maximum Gasteiger partial charge on any atom is 0.187 e. The summed E-state index contributed by atoms with van der Waals surface area (Å²) in [5.74, 6) is 0. The van der Waals surface area contributed by atoms with E-state index < -0.39 is 74.5 Å². The highest BCUT2D eigenvalue weighted by molar-refractivity contribution is 4.98. The van der Waals surface area contributed by atoms with Gasteiger partial charge in [-0.2, -0.15) is 4.91 Å². The van der Waals surface area contributed by atoms with Crippen LogP contribution in [0.3, 0.4) is 0 Å². The van der Waals surface area contributed by atoms with E-state index in [1.54, 1.807) is 0 Å². The van der Waals surface area contributed by atoms with E-state index >= 15 is 0 Å². The molecule has 0 spiro atoms. The van der Waals surface area contributed by atoms with Gasteiger partial charge in [-0.25, -0.2) is 0 Å². The van der Waals surface area contributed by atoms with Gasteiger partial charge in [0.1, 0.15) is 48.8 Å². The van der Waals surface area contributed by atoms with Crippen LogP contribution in [0.15, 0.2) is 10.3 Å². The van der Waals surface area contributed by atoms with Gasteiger partial charge in [-0.3, -0.25) is 0 Å². The zero-order chi connectivity index (χ0) is 19.4. The molecular formula is C12H20N4O10. The quantitative estimate of drug-likeness (QED) is 0.116. The van der Waals surface area contributed by atoms with Crippen molar-refractivity contribution in [1.82, 2.24) is 0 Å². The van der Waals surface area contributed by atoms with Crippen molar-refractivity contribution in [3.05, 3.63) is 15.3 Å². The second kappa shape index (κ2) is 8.96. The van der Waals surface area contributed by atoms with Crippen LogP contribution in [0.1, 0.15) is 0 Å². The van der Waals surface area contributed by atoms with Crippen LogP contribution in [-0.2, 0) is 14.2 Å². The Bertz CT molecular complexity index is 532. The standard InChI is InChI=1S/C12H20N4O10/c13-16-14-11-7(20)5(15-23)10(4(2-18)24-11)26-12-9(22)8(21)6(19)3(1-17)25-12/h3-12,17-22H,1-2H2/t3-,4-,5?,6+,7-,8+,9-,10-,11-,12+/m1/s1. The molecule has 14 heteroatoms. The minimum atomic E-state index is -1.77. The molecule has 2 aliphatic heterocycles. The van der Waals surface area contributed by atoms with Gasteiger partial charge in [0.2, 0.25) is 0 Å². The summed E-state index contributed by atoms with van der Waals surface area (Å²) < 4.78 is 15.7. The van der Waals surface area contributed by atoms with Crippen LogP contribution in [0.4, 0.5) is 0 Å². The van der Waals surface area contributed by atoms with Gasteiger partial charge >= 0.3 is 0 Å². The fourth-order valence-electron chi connectivity index (χ4n) is 2.84. The van der Waals surface area contributed by atoms with Crippen LogP contribution in [0.25, 0.3) is 10.4 Å². The van der Waals surface area contributed by atoms with Crippen molar-refractivity contribution in [3.63, 3.8) is 0 Å². The molecule has 0 bridgehead atoms. The van der Waals surface area contributed by atoms with Gasteiger partial charge in [-0.1, -0.05) is 10.3 Å². The summed E-state index contributed by atoms with van der Waals surface area (Å²) in [6.45, 7) is -1.43. The summed E-state index contributed by atoms with van der Waals surface area (Å²) in [6, 6.07) is -1.57. The fourth-order valence-corrected chi connectivity index (χ4v) is 2.84. The minimum absolute atomic E-state index is 0.702. The Balaban J connectivity index is 2.21. The molecule has 2 aliphatic rings. The molecule has 6 N–H and O–H groups in total. The van der Waals surface area contributed by atoms with Crippen molar-refractivity contribution in [2.45, 2.75) is 61.3 Å². The first kappa shape index (κ1) is 20.9. The van der Waals surface area contributed by atoms with Gasteiger partial charge in [-0.05, 0) is 5.53 Å². The van der Waals surface area contributed by atoms with Crippen LogP contribution >= 0.6 is 0 Å². The SMILES string of the molecule is [N-]=[N+]=N[C@@H]1O[C@H](CO)[C@@H](O[C@@H]2O[C@H](CO)[C@H](O)[C@H](O)[C@H]2O)C(N=O)[C@H]1O. The smallest absolute Gasteiger partial charge is 0.187 e. The molecule has 1 unspecified atom stereocenters. The van der Waals surface area contributed by atoms with Gasteiger partial charge in [0, 0.05) is 4.91 Å². The Hall–Kier alpha value is -1.45. The highest BCUT2D eigenvalue weighted by Crippen LogP contribution is 2.30. The summed E-state index contributed by atoms with van der Waals surface area (Å²) >= 11 is 0. The first-order chi connectivity index (χ1) is 12.4. The summed E-state index contributed by atoms with van der Waals surface area (Å²) in [4.78, 5) is 13.6. The molecule has 0 saturated carbocycles. The normalized spacial score (nSPS) is 46.4. The average molecular weight is 380 g/mol. The number of nitrogens with zero attached hydrogens (tertiary/aromatic N) is 4. The van der Waals surface area contributed by atoms with Crippen LogP contribution in [-0.4, -0.2) is 105 Å². The van der Waals surface area contributed by atoms with Crippen LogP contribution < -0.4 is 0 Å². The summed E-state index contributed by atoms with van der Waals surface area (Å²) in [5, 5.41) is 64.0. The molecule has 2 fully saturated rings. The van der Waals surface area contributed by atoms with E-state index in [1.807, 2.05) is 0 Å². The number of hydrogen-bond acceptors (Lipinski definition) is 12. The molecule has 0 amide bonds. The molecule has 0 radical (unpaired) electrons. The maximum atomic E-state index is 11.2. The molecule has 0 aromatic carbocycles. The summed E-state index contributed by atoms with van der Waals surface area (Å²) in [5.41, 5.74) is 8.46. The molecule has 2 saturated heterocycles. The second-order valence-corrected chi connectivity index (χ2v) is 5.84. The number of azide groups is 1. The molecule has 14 nitrogen and oxygen atoms in total. The minimum Gasteiger partial charge on any atom is -0.394 e. The van der Waals surface area contributed by atoms with Gasteiger partial charge in [0.15, 0.2) is 12.5 Å². The van der Waals surface area contributed by atoms with E-state index in [-0.39, 0.29) is 0 Å². The van der Waals surface area contributed by atoms with Crippen molar-refractivity contribution in [3.8, 4) is 0 Å². The van der Waals surface area contributed by atoms with Crippen LogP contribution in [0, 0.1) is 4.91 Å². The predicted octanol–water partition coefficient (Wildman–Crippen LogP) is -3.31. The Morgan fingerprint density at radius 2 is 1.62 bits per heavy atom. The predicted molar refractivity (Wildman–Crippen MR) is 79.1 cm³/mol. The number of nitroso groups, excluding NO2 is 1. The zero-order valence-electron chi connectivity index (χ0n) is 13.3. The molecule has 0 aromatic heterocycles. The van der Waals surface area contributed by atoms with Gasteiger partial charge in [0.05, 0.1) is 13.2 Å². The Labute approximate surface area is 146 Å². The number of aliphatic hydroxyl groups is 6. The number of ether oxygens (including phenoxy) is 3. The molecule has 0 aliphatic carbocycles. The monoisotopic (exact) mass is 380 g/mol. The third-order valence-electron chi connectivity index (χ3n) is 4.27. The van der Waals surface area contributed by atoms with E-state index in [1.165, 1.54) is 0 Å². The fraction of sp³-hybridized carbons (Fsp3) is 1.00. The molecular weight excluding hydrogens is 360 g/mol. The summed E-state index contributed by atoms with van der Waals surface area (Å²) in [6.07, 6.45) is -14.0. The average Bonchev–Trinajstić information content (AvgIpc) is 2.64. The molecule has 0 aromatic rings. The van der Waals surface area contributed by atoms with Crippen molar-refractivity contribution < 1.29 is 44.8 Å².